The average Bonchev–Trinajstić information content (AvgIpc) is 2.54. The highest BCUT2D eigenvalue weighted by atomic mass is 16.5. The first-order valence-corrected chi connectivity index (χ1v) is 6.53. The number of aromatic nitrogens is 1. The van der Waals surface area contributed by atoms with Gasteiger partial charge in [-0.25, -0.2) is 9.78 Å². The zero-order valence-electron chi connectivity index (χ0n) is 11.5. The fourth-order valence-electron chi connectivity index (χ4n) is 2.27. The molecule has 4 heteroatoms. The number of hydrogen-bond acceptors (Lipinski definition) is 4. The molecule has 4 nitrogen and oxygen atoms in total. The van der Waals surface area contributed by atoms with Gasteiger partial charge in [0.15, 0.2) is 0 Å². The third-order valence-corrected chi connectivity index (χ3v) is 3.37. The normalized spacial score (nSPS) is 10.5. The van der Waals surface area contributed by atoms with Crippen molar-refractivity contribution in [3.63, 3.8) is 0 Å². The topological polar surface area (TPSA) is 65.2 Å². The van der Waals surface area contributed by atoms with E-state index in [1.54, 1.807) is 12.1 Å². The number of esters is 1. The molecule has 0 amide bonds. The number of carbonyl (C=O) groups is 1. The first-order valence-electron chi connectivity index (χ1n) is 6.53. The van der Waals surface area contributed by atoms with Crippen molar-refractivity contribution >= 4 is 22.6 Å². The third-order valence-electron chi connectivity index (χ3n) is 3.37. The second kappa shape index (κ2) is 5.25. The van der Waals surface area contributed by atoms with E-state index in [0.717, 1.165) is 22.0 Å². The van der Waals surface area contributed by atoms with Crippen molar-refractivity contribution in [3.8, 4) is 11.3 Å². The van der Waals surface area contributed by atoms with Crippen molar-refractivity contribution in [3.05, 3.63) is 60.2 Å². The van der Waals surface area contributed by atoms with Crippen molar-refractivity contribution in [2.75, 3.05) is 12.8 Å². The molecule has 104 valence electrons. The van der Waals surface area contributed by atoms with Crippen molar-refractivity contribution in [1.82, 2.24) is 4.98 Å². The summed E-state index contributed by atoms with van der Waals surface area (Å²) in [6.07, 6.45) is 0. The Bertz CT molecular complexity index is 811. The maximum absolute atomic E-state index is 11.4. The van der Waals surface area contributed by atoms with Gasteiger partial charge in [0.1, 0.15) is 5.82 Å². The minimum atomic E-state index is -0.354. The number of carbonyl (C=O) groups excluding carboxylic acids is 1. The fraction of sp³-hybridized carbons (Fsp3) is 0.0588. The Morgan fingerprint density at radius 2 is 1.81 bits per heavy atom. The highest BCUT2D eigenvalue weighted by Crippen LogP contribution is 2.26. The Labute approximate surface area is 122 Å². The van der Waals surface area contributed by atoms with Crippen molar-refractivity contribution in [2.24, 2.45) is 0 Å². The van der Waals surface area contributed by atoms with Crippen LogP contribution >= 0.6 is 0 Å². The van der Waals surface area contributed by atoms with Crippen LogP contribution in [0.2, 0.25) is 0 Å². The average molecular weight is 278 g/mol. The van der Waals surface area contributed by atoms with Crippen LogP contribution < -0.4 is 5.73 Å². The maximum Gasteiger partial charge on any atom is 0.337 e. The molecule has 0 fully saturated rings. The summed E-state index contributed by atoms with van der Waals surface area (Å²) in [6, 6.07) is 16.9. The highest BCUT2D eigenvalue weighted by Gasteiger charge is 2.08. The van der Waals surface area contributed by atoms with Crippen LogP contribution in [-0.2, 0) is 4.74 Å². The lowest BCUT2D eigenvalue weighted by Crippen LogP contribution is -2.00. The molecule has 3 aromatic rings. The van der Waals surface area contributed by atoms with Crippen molar-refractivity contribution in [2.45, 2.75) is 0 Å². The van der Waals surface area contributed by atoms with E-state index in [-0.39, 0.29) is 5.97 Å². The molecule has 2 aromatic carbocycles. The minimum absolute atomic E-state index is 0.354. The van der Waals surface area contributed by atoms with E-state index in [1.807, 2.05) is 42.5 Å². The molecule has 0 radical (unpaired) electrons. The Kier molecular flexibility index (Phi) is 3.28. The monoisotopic (exact) mass is 278 g/mol. The second-order valence-corrected chi connectivity index (χ2v) is 4.68. The smallest absolute Gasteiger partial charge is 0.337 e. The minimum Gasteiger partial charge on any atom is -0.465 e. The Hall–Kier alpha value is -2.88. The Balaban J connectivity index is 2.06. The van der Waals surface area contributed by atoms with E-state index in [4.69, 9.17) is 5.73 Å². The van der Waals surface area contributed by atoms with Gasteiger partial charge in [0.2, 0.25) is 0 Å². The summed E-state index contributed by atoms with van der Waals surface area (Å²) < 4.78 is 4.68. The summed E-state index contributed by atoms with van der Waals surface area (Å²) in [7, 11) is 1.36. The first-order chi connectivity index (χ1) is 10.2. The first kappa shape index (κ1) is 13.1. The molecule has 1 aromatic heterocycles. The van der Waals surface area contributed by atoms with Gasteiger partial charge in [-0.3, -0.25) is 0 Å². The lowest BCUT2D eigenvalue weighted by atomic mass is 10.1. The molecule has 1 heterocycles. The number of ether oxygens (including phenoxy) is 1. The number of fused-ring (bicyclic) bond motifs is 1. The number of methoxy groups -OCH3 is 1. The molecule has 0 saturated heterocycles. The molecular weight excluding hydrogens is 264 g/mol. The van der Waals surface area contributed by atoms with Gasteiger partial charge in [-0.1, -0.05) is 36.4 Å². The van der Waals surface area contributed by atoms with Gasteiger partial charge in [0.25, 0.3) is 0 Å². The predicted molar refractivity (Wildman–Crippen MR) is 82.9 cm³/mol. The van der Waals surface area contributed by atoms with E-state index >= 15 is 0 Å². The molecule has 0 unspecified atom stereocenters. The van der Waals surface area contributed by atoms with Gasteiger partial charge in [0.05, 0.1) is 18.4 Å². The number of benzene rings is 2. The van der Waals surface area contributed by atoms with Crippen molar-refractivity contribution < 1.29 is 9.53 Å². The van der Waals surface area contributed by atoms with Crippen LogP contribution in [0.15, 0.2) is 54.6 Å². The summed E-state index contributed by atoms with van der Waals surface area (Å²) in [6.45, 7) is 0. The van der Waals surface area contributed by atoms with E-state index in [1.165, 1.54) is 7.11 Å². The van der Waals surface area contributed by atoms with E-state index < -0.39 is 0 Å². The van der Waals surface area contributed by atoms with Gasteiger partial charge in [-0.05, 0) is 23.6 Å². The number of pyridine rings is 1. The van der Waals surface area contributed by atoms with Gasteiger partial charge >= 0.3 is 5.97 Å². The Morgan fingerprint density at radius 1 is 1.10 bits per heavy atom. The molecule has 0 atom stereocenters. The SMILES string of the molecule is COC(=O)c1ccc(-c2cc3ccccc3c(N)n2)cc1. The van der Waals surface area contributed by atoms with Gasteiger partial charge < -0.3 is 10.5 Å². The van der Waals surface area contributed by atoms with Crippen LogP contribution in [0.25, 0.3) is 22.0 Å². The molecular formula is C17H14N2O2. The predicted octanol–water partition coefficient (Wildman–Crippen LogP) is 3.27. The molecule has 0 aliphatic carbocycles. The van der Waals surface area contributed by atoms with Crippen molar-refractivity contribution in [1.29, 1.82) is 0 Å². The largest absolute Gasteiger partial charge is 0.465 e. The molecule has 3 rings (SSSR count). The summed E-state index contributed by atoms with van der Waals surface area (Å²) in [5.74, 6) is 0.146. The summed E-state index contributed by atoms with van der Waals surface area (Å²) >= 11 is 0. The van der Waals surface area contributed by atoms with Gasteiger partial charge in [0, 0.05) is 10.9 Å². The molecule has 0 aliphatic rings. The molecule has 0 aliphatic heterocycles. The van der Waals surface area contributed by atoms with E-state index in [0.29, 0.717) is 11.4 Å². The van der Waals surface area contributed by atoms with Gasteiger partial charge in [-0.15, -0.1) is 0 Å². The van der Waals surface area contributed by atoms with Crippen LogP contribution in [0.3, 0.4) is 0 Å². The molecule has 2 N–H and O–H groups in total. The lowest BCUT2D eigenvalue weighted by Gasteiger charge is -2.07. The zero-order valence-corrected chi connectivity index (χ0v) is 11.5. The summed E-state index contributed by atoms with van der Waals surface area (Å²) in [5, 5.41) is 1.98. The molecule has 0 bridgehead atoms. The van der Waals surface area contributed by atoms with Crippen LogP contribution in [0.5, 0.6) is 0 Å². The Morgan fingerprint density at radius 3 is 2.52 bits per heavy atom. The maximum atomic E-state index is 11.4. The number of nitrogens with two attached hydrogens (primary N) is 1. The number of rotatable bonds is 2. The number of nitrogens with zero attached hydrogens (tertiary/aromatic N) is 1. The quantitative estimate of drug-likeness (QED) is 0.731. The summed E-state index contributed by atoms with van der Waals surface area (Å²) in [5.41, 5.74) is 8.20. The van der Waals surface area contributed by atoms with Crippen LogP contribution in [0.4, 0.5) is 5.82 Å². The highest BCUT2D eigenvalue weighted by molar-refractivity contribution is 5.94. The number of hydrogen-bond donors (Lipinski definition) is 1. The second-order valence-electron chi connectivity index (χ2n) is 4.68. The molecule has 0 spiro atoms. The van der Waals surface area contributed by atoms with E-state index in [2.05, 4.69) is 9.72 Å². The molecule has 0 saturated carbocycles. The molecule has 21 heavy (non-hydrogen) atoms. The standard InChI is InChI=1S/C17H14N2O2/c1-21-17(20)12-8-6-11(7-9-12)15-10-13-4-2-3-5-14(13)16(18)19-15/h2-10H,1H3,(H2,18,19). The van der Waals surface area contributed by atoms with Crippen LogP contribution in [0, 0.1) is 0 Å². The summed E-state index contributed by atoms with van der Waals surface area (Å²) in [4.78, 5) is 15.9. The third kappa shape index (κ3) is 2.43. The number of nitrogen functional groups attached to an aromatic ring is 1. The van der Waals surface area contributed by atoms with Crippen LogP contribution in [0.1, 0.15) is 10.4 Å². The fourth-order valence-corrected chi connectivity index (χ4v) is 2.27. The van der Waals surface area contributed by atoms with Gasteiger partial charge in [-0.2, -0.15) is 0 Å². The zero-order chi connectivity index (χ0) is 14.8. The van der Waals surface area contributed by atoms with E-state index in [9.17, 15) is 4.79 Å². The van der Waals surface area contributed by atoms with Crippen LogP contribution in [-0.4, -0.2) is 18.1 Å². The lowest BCUT2D eigenvalue weighted by molar-refractivity contribution is 0.0601. The number of anilines is 1.